The molecule has 1 aromatic heterocycles. The molecule has 90 valence electrons. The standard InChI is InChI=1S/C12H14N2O2S/c1-3-15-10-4-6-11(7-5-10)17-14-12-8-9(2)16-13-12/h4-8H,3H2,1-2H3,(H,13,14)/p+1. The molecule has 2 rings (SSSR count). The number of aromatic amines is 1. The van der Waals surface area contributed by atoms with Crippen LogP contribution in [-0.2, 0) is 0 Å². The molecule has 0 spiro atoms. The van der Waals surface area contributed by atoms with Crippen LogP contribution in [0.2, 0.25) is 0 Å². The summed E-state index contributed by atoms with van der Waals surface area (Å²) < 4.78 is 13.6. The quantitative estimate of drug-likeness (QED) is 0.830. The molecule has 0 atom stereocenters. The fourth-order valence-corrected chi connectivity index (χ4v) is 1.93. The minimum absolute atomic E-state index is 0.688. The first-order chi connectivity index (χ1) is 8.28. The maximum absolute atomic E-state index is 5.38. The first-order valence-corrected chi connectivity index (χ1v) is 6.23. The molecule has 0 fully saturated rings. The predicted octanol–water partition coefficient (Wildman–Crippen LogP) is 2.92. The molecule has 2 N–H and O–H groups in total. The van der Waals surface area contributed by atoms with Crippen LogP contribution in [0.15, 0.2) is 39.8 Å². The number of rotatable bonds is 5. The number of benzene rings is 1. The lowest BCUT2D eigenvalue weighted by molar-refractivity contribution is -0.597. The number of aromatic nitrogens is 1. The van der Waals surface area contributed by atoms with Gasteiger partial charge in [0.2, 0.25) is 0 Å². The Bertz CT molecular complexity index is 468. The summed E-state index contributed by atoms with van der Waals surface area (Å²) in [6.07, 6.45) is 0. The van der Waals surface area contributed by atoms with E-state index in [4.69, 9.17) is 9.26 Å². The molecule has 1 aromatic carbocycles. The van der Waals surface area contributed by atoms with Crippen molar-refractivity contribution < 1.29 is 14.4 Å². The van der Waals surface area contributed by atoms with Crippen LogP contribution in [-0.4, -0.2) is 6.61 Å². The van der Waals surface area contributed by atoms with Crippen LogP contribution in [0.5, 0.6) is 5.75 Å². The highest BCUT2D eigenvalue weighted by atomic mass is 32.2. The van der Waals surface area contributed by atoms with Crippen LogP contribution in [0.4, 0.5) is 5.82 Å². The number of hydrogen-bond acceptors (Lipinski definition) is 4. The Labute approximate surface area is 104 Å². The Hall–Kier alpha value is -1.62. The number of hydrogen-bond donors (Lipinski definition) is 1. The molecule has 0 aliphatic rings. The molecule has 2 aromatic rings. The van der Waals surface area contributed by atoms with Crippen molar-refractivity contribution in [2.24, 2.45) is 0 Å². The molecule has 0 amide bonds. The van der Waals surface area contributed by atoms with Gasteiger partial charge in [0.25, 0.3) is 0 Å². The molecule has 5 heteroatoms. The van der Waals surface area contributed by atoms with E-state index >= 15 is 0 Å². The van der Waals surface area contributed by atoms with Crippen molar-refractivity contribution in [3.8, 4) is 5.75 Å². The summed E-state index contributed by atoms with van der Waals surface area (Å²) in [5.74, 6) is 2.59. The monoisotopic (exact) mass is 251 g/mol. The van der Waals surface area contributed by atoms with Crippen LogP contribution < -0.4 is 14.6 Å². The van der Waals surface area contributed by atoms with E-state index in [0.717, 1.165) is 22.2 Å². The third-order valence-corrected chi connectivity index (χ3v) is 2.91. The highest BCUT2D eigenvalue weighted by molar-refractivity contribution is 8.00. The van der Waals surface area contributed by atoms with Crippen molar-refractivity contribution in [3.63, 3.8) is 0 Å². The second kappa shape index (κ2) is 5.63. The Kier molecular flexibility index (Phi) is 3.93. The van der Waals surface area contributed by atoms with Crippen molar-refractivity contribution in [2.45, 2.75) is 18.7 Å². The highest BCUT2D eigenvalue weighted by Crippen LogP contribution is 2.22. The number of ether oxygens (including phenoxy) is 1. The molecule has 17 heavy (non-hydrogen) atoms. The zero-order valence-corrected chi connectivity index (χ0v) is 10.6. The number of aryl methyl sites for hydroxylation is 1. The van der Waals surface area contributed by atoms with Crippen molar-refractivity contribution in [3.05, 3.63) is 36.1 Å². The van der Waals surface area contributed by atoms with Gasteiger partial charge in [-0.25, -0.2) is 4.72 Å². The van der Waals surface area contributed by atoms with Crippen LogP contribution in [0.1, 0.15) is 12.7 Å². The SMILES string of the molecule is CCOc1ccc(SNc2cc(C)o[nH+]2)cc1. The van der Waals surface area contributed by atoms with Gasteiger partial charge in [-0.2, -0.15) is 0 Å². The van der Waals surface area contributed by atoms with Crippen molar-refractivity contribution in [1.29, 1.82) is 0 Å². The van der Waals surface area contributed by atoms with Crippen LogP contribution in [0, 0.1) is 6.92 Å². The number of anilines is 1. The summed E-state index contributed by atoms with van der Waals surface area (Å²) in [4.78, 5) is 1.11. The maximum atomic E-state index is 5.38. The van der Waals surface area contributed by atoms with Gasteiger partial charge in [0.1, 0.15) is 5.75 Å². The average molecular weight is 251 g/mol. The second-order valence-corrected chi connectivity index (χ2v) is 4.36. The molecule has 0 aliphatic carbocycles. The summed E-state index contributed by atoms with van der Waals surface area (Å²) in [5.41, 5.74) is 0. The van der Waals surface area contributed by atoms with Crippen LogP contribution >= 0.6 is 11.9 Å². The first kappa shape index (κ1) is 11.9. The zero-order chi connectivity index (χ0) is 12.1. The lowest BCUT2D eigenvalue weighted by Gasteiger charge is -2.02. The fraction of sp³-hybridized carbons (Fsp3) is 0.250. The van der Waals surface area contributed by atoms with E-state index in [1.54, 1.807) is 0 Å². The summed E-state index contributed by atoms with van der Waals surface area (Å²) in [6, 6.07) is 9.84. The predicted molar refractivity (Wildman–Crippen MR) is 67.1 cm³/mol. The normalized spacial score (nSPS) is 10.2. The minimum Gasteiger partial charge on any atom is -0.494 e. The molecule has 1 heterocycles. The van der Waals surface area contributed by atoms with Gasteiger partial charge in [0.05, 0.1) is 29.5 Å². The fourth-order valence-electron chi connectivity index (χ4n) is 1.33. The van der Waals surface area contributed by atoms with Gasteiger partial charge >= 0.3 is 5.82 Å². The largest absolute Gasteiger partial charge is 0.494 e. The molecule has 0 radical (unpaired) electrons. The van der Waals surface area contributed by atoms with E-state index in [0.29, 0.717) is 6.61 Å². The van der Waals surface area contributed by atoms with E-state index in [1.807, 2.05) is 44.2 Å². The summed E-state index contributed by atoms with van der Waals surface area (Å²) in [7, 11) is 0. The van der Waals surface area contributed by atoms with Gasteiger partial charge in [-0.15, -0.1) is 0 Å². The average Bonchev–Trinajstić information content (AvgIpc) is 2.75. The third-order valence-electron chi connectivity index (χ3n) is 2.08. The van der Waals surface area contributed by atoms with E-state index in [9.17, 15) is 0 Å². The van der Waals surface area contributed by atoms with Crippen molar-refractivity contribution in [2.75, 3.05) is 11.3 Å². The summed E-state index contributed by atoms with van der Waals surface area (Å²) in [5, 5.41) is 2.78. The Morgan fingerprint density at radius 3 is 2.71 bits per heavy atom. The molecule has 0 unspecified atom stereocenters. The number of H-pyrrole nitrogens is 1. The van der Waals surface area contributed by atoms with E-state index in [2.05, 4.69) is 9.88 Å². The van der Waals surface area contributed by atoms with E-state index in [-0.39, 0.29) is 0 Å². The minimum atomic E-state index is 0.688. The summed E-state index contributed by atoms with van der Waals surface area (Å²) >= 11 is 1.52. The van der Waals surface area contributed by atoms with Crippen molar-refractivity contribution in [1.82, 2.24) is 0 Å². The van der Waals surface area contributed by atoms with Gasteiger partial charge in [-0.05, 0) is 38.1 Å². The van der Waals surface area contributed by atoms with Gasteiger partial charge in [0.15, 0.2) is 5.76 Å². The molecule has 0 saturated carbocycles. The van der Waals surface area contributed by atoms with Gasteiger partial charge in [-0.3, -0.25) is 0 Å². The highest BCUT2D eigenvalue weighted by Gasteiger charge is 2.07. The molecular formula is C12H15N2O2S+. The number of nitrogens with one attached hydrogen (secondary N) is 2. The van der Waals surface area contributed by atoms with E-state index in [1.165, 1.54) is 11.9 Å². The Balaban J connectivity index is 1.90. The van der Waals surface area contributed by atoms with Gasteiger partial charge in [0, 0.05) is 0 Å². The van der Waals surface area contributed by atoms with Gasteiger partial charge in [-0.1, -0.05) is 5.16 Å². The smallest absolute Gasteiger partial charge is 0.322 e. The van der Waals surface area contributed by atoms with Crippen LogP contribution in [0.25, 0.3) is 0 Å². The topological polar surface area (TPSA) is 48.5 Å². The maximum Gasteiger partial charge on any atom is 0.322 e. The molecule has 4 nitrogen and oxygen atoms in total. The lowest BCUT2D eigenvalue weighted by atomic mass is 10.3. The first-order valence-electron chi connectivity index (χ1n) is 5.42. The van der Waals surface area contributed by atoms with Crippen molar-refractivity contribution >= 4 is 17.8 Å². The molecule has 0 bridgehead atoms. The molecule has 0 saturated heterocycles. The lowest BCUT2D eigenvalue weighted by Crippen LogP contribution is -2.01. The molecular weight excluding hydrogens is 236 g/mol. The van der Waals surface area contributed by atoms with E-state index < -0.39 is 0 Å². The second-order valence-electron chi connectivity index (χ2n) is 3.48. The molecule has 0 aliphatic heterocycles. The zero-order valence-electron chi connectivity index (χ0n) is 9.82. The third kappa shape index (κ3) is 3.42. The Morgan fingerprint density at radius 1 is 1.35 bits per heavy atom. The van der Waals surface area contributed by atoms with Gasteiger partial charge < -0.3 is 9.26 Å². The van der Waals surface area contributed by atoms with Crippen LogP contribution in [0.3, 0.4) is 0 Å². The summed E-state index contributed by atoms with van der Waals surface area (Å²) in [6.45, 7) is 4.55. The Morgan fingerprint density at radius 2 is 2.12 bits per heavy atom.